The summed E-state index contributed by atoms with van der Waals surface area (Å²) in [5.74, 6) is -0.923. The van der Waals surface area contributed by atoms with Crippen molar-refractivity contribution in [3.63, 3.8) is 0 Å². The molecule has 0 spiro atoms. The van der Waals surface area contributed by atoms with Gasteiger partial charge in [0.05, 0.1) is 18.9 Å². The Morgan fingerprint density at radius 3 is 2.80 bits per heavy atom. The quantitative estimate of drug-likeness (QED) is 0.886. The number of morpholine rings is 1. The van der Waals surface area contributed by atoms with E-state index in [4.69, 9.17) is 4.74 Å². The van der Waals surface area contributed by atoms with Crippen molar-refractivity contribution in [3.05, 3.63) is 24.3 Å². The zero-order chi connectivity index (χ0) is 14.6. The summed E-state index contributed by atoms with van der Waals surface area (Å²) in [6.07, 6.45) is -4.81. The molecule has 8 heteroatoms. The number of para-hydroxylation sites is 2. The van der Waals surface area contributed by atoms with Crippen molar-refractivity contribution in [1.29, 1.82) is 0 Å². The average molecular weight is 290 g/mol. The molecule has 1 heterocycles. The molecule has 2 rings (SSSR count). The van der Waals surface area contributed by atoms with Gasteiger partial charge >= 0.3 is 6.36 Å². The second-order valence-electron chi connectivity index (χ2n) is 4.11. The van der Waals surface area contributed by atoms with Gasteiger partial charge in [0.2, 0.25) is 5.91 Å². The summed E-state index contributed by atoms with van der Waals surface area (Å²) in [4.78, 5) is 11.9. The lowest BCUT2D eigenvalue weighted by molar-refractivity contribution is -0.274. The summed E-state index contributed by atoms with van der Waals surface area (Å²) in [6.45, 7) is 1.18. The van der Waals surface area contributed by atoms with Gasteiger partial charge in [-0.2, -0.15) is 0 Å². The Balaban J connectivity index is 2.06. The maximum absolute atomic E-state index is 12.2. The fourth-order valence-electron chi connectivity index (χ4n) is 1.74. The Labute approximate surface area is 113 Å². The summed E-state index contributed by atoms with van der Waals surface area (Å²) in [7, 11) is 0. The molecule has 0 saturated carbocycles. The summed E-state index contributed by atoms with van der Waals surface area (Å²) >= 11 is 0. The van der Waals surface area contributed by atoms with Gasteiger partial charge in [-0.3, -0.25) is 4.79 Å². The second kappa shape index (κ2) is 6.10. The number of nitrogens with one attached hydrogen (secondary N) is 2. The molecule has 1 amide bonds. The molecule has 1 atom stereocenters. The summed E-state index contributed by atoms with van der Waals surface area (Å²) in [5, 5.41) is 5.30. The molecule has 20 heavy (non-hydrogen) atoms. The zero-order valence-corrected chi connectivity index (χ0v) is 10.4. The predicted octanol–water partition coefficient (Wildman–Crippen LogP) is 1.51. The number of benzene rings is 1. The number of anilines is 1. The number of hydrogen-bond acceptors (Lipinski definition) is 4. The fraction of sp³-hybridized carbons (Fsp3) is 0.417. The molecule has 1 aromatic carbocycles. The number of hydrogen-bond donors (Lipinski definition) is 2. The van der Waals surface area contributed by atoms with Gasteiger partial charge in [0, 0.05) is 6.54 Å². The molecule has 1 saturated heterocycles. The van der Waals surface area contributed by atoms with Gasteiger partial charge in [-0.25, -0.2) is 0 Å². The highest BCUT2D eigenvalue weighted by molar-refractivity contribution is 5.96. The SMILES string of the molecule is O=C(Nc1ccccc1OC(F)(F)F)C1COCCN1. The van der Waals surface area contributed by atoms with Gasteiger partial charge in [-0.15, -0.1) is 13.2 Å². The lowest BCUT2D eigenvalue weighted by Gasteiger charge is -2.23. The fourth-order valence-corrected chi connectivity index (χ4v) is 1.74. The molecule has 1 unspecified atom stereocenters. The van der Waals surface area contributed by atoms with Crippen LogP contribution in [-0.4, -0.2) is 38.1 Å². The lowest BCUT2D eigenvalue weighted by Crippen LogP contribution is -2.48. The first-order chi connectivity index (χ1) is 9.46. The number of rotatable bonds is 3. The highest BCUT2D eigenvalue weighted by Gasteiger charge is 2.32. The van der Waals surface area contributed by atoms with Crippen molar-refractivity contribution in [2.45, 2.75) is 12.4 Å². The minimum atomic E-state index is -4.81. The van der Waals surface area contributed by atoms with Crippen LogP contribution in [0.25, 0.3) is 0 Å². The van der Waals surface area contributed by atoms with Crippen molar-refractivity contribution < 1.29 is 27.4 Å². The number of carbonyl (C=O) groups excluding carboxylic acids is 1. The molecule has 110 valence electrons. The van der Waals surface area contributed by atoms with E-state index in [1.54, 1.807) is 0 Å². The molecular weight excluding hydrogens is 277 g/mol. The topological polar surface area (TPSA) is 59.6 Å². The van der Waals surface area contributed by atoms with Crippen LogP contribution in [0.3, 0.4) is 0 Å². The minimum Gasteiger partial charge on any atom is -0.404 e. The maximum atomic E-state index is 12.2. The third-order valence-electron chi connectivity index (χ3n) is 2.61. The molecule has 5 nitrogen and oxygen atoms in total. The van der Waals surface area contributed by atoms with Gasteiger partial charge < -0.3 is 20.1 Å². The van der Waals surface area contributed by atoms with E-state index in [-0.39, 0.29) is 12.3 Å². The number of alkyl halides is 3. The maximum Gasteiger partial charge on any atom is 0.573 e. The molecule has 0 bridgehead atoms. The van der Waals surface area contributed by atoms with E-state index < -0.39 is 24.1 Å². The molecular formula is C12H13F3N2O3. The van der Waals surface area contributed by atoms with Crippen LogP contribution in [0.2, 0.25) is 0 Å². The van der Waals surface area contributed by atoms with Crippen LogP contribution in [0.1, 0.15) is 0 Å². The lowest BCUT2D eigenvalue weighted by atomic mass is 10.2. The van der Waals surface area contributed by atoms with Crippen LogP contribution in [0.4, 0.5) is 18.9 Å². The summed E-state index contributed by atoms with van der Waals surface area (Å²) < 4.78 is 45.7. The van der Waals surface area contributed by atoms with Gasteiger partial charge in [-0.05, 0) is 12.1 Å². The standard InChI is InChI=1S/C12H13F3N2O3/c13-12(14,15)20-10-4-2-1-3-8(10)17-11(18)9-7-19-6-5-16-9/h1-4,9,16H,5-7H2,(H,17,18). The molecule has 1 aliphatic rings. The monoisotopic (exact) mass is 290 g/mol. The Morgan fingerprint density at radius 1 is 1.40 bits per heavy atom. The van der Waals surface area contributed by atoms with Crippen molar-refractivity contribution >= 4 is 11.6 Å². The van der Waals surface area contributed by atoms with Gasteiger partial charge in [0.25, 0.3) is 0 Å². The largest absolute Gasteiger partial charge is 0.573 e. The molecule has 0 aliphatic carbocycles. The van der Waals surface area contributed by atoms with Crippen LogP contribution in [0.5, 0.6) is 5.75 Å². The number of halogens is 3. The van der Waals surface area contributed by atoms with E-state index in [1.165, 1.54) is 18.2 Å². The van der Waals surface area contributed by atoms with Crippen LogP contribution in [0.15, 0.2) is 24.3 Å². The Bertz CT molecular complexity index is 473. The molecule has 1 aliphatic heterocycles. The minimum absolute atomic E-state index is 0.0396. The second-order valence-corrected chi connectivity index (χ2v) is 4.11. The van der Waals surface area contributed by atoms with E-state index in [9.17, 15) is 18.0 Å². The van der Waals surface area contributed by atoms with Crippen molar-refractivity contribution in [2.24, 2.45) is 0 Å². The third-order valence-corrected chi connectivity index (χ3v) is 2.61. The van der Waals surface area contributed by atoms with Crippen LogP contribution < -0.4 is 15.4 Å². The highest BCUT2D eigenvalue weighted by Crippen LogP contribution is 2.29. The van der Waals surface area contributed by atoms with Gasteiger partial charge in [0.1, 0.15) is 6.04 Å². The number of carbonyl (C=O) groups is 1. The van der Waals surface area contributed by atoms with Gasteiger partial charge in [0.15, 0.2) is 5.75 Å². The van der Waals surface area contributed by atoms with E-state index in [0.29, 0.717) is 13.2 Å². The Morgan fingerprint density at radius 2 is 2.15 bits per heavy atom. The average Bonchev–Trinajstić information content (AvgIpc) is 2.40. The van der Waals surface area contributed by atoms with E-state index in [2.05, 4.69) is 15.4 Å². The first-order valence-corrected chi connectivity index (χ1v) is 5.92. The smallest absolute Gasteiger partial charge is 0.404 e. The van der Waals surface area contributed by atoms with E-state index in [1.807, 2.05) is 0 Å². The first kappa shape index (κ1) is 14.6. The normalized spacial score (nSPS) is 19.4. The third kappa shape index (κ3) is 4.10. The predicted molar refractivity (Wildman–Crippen MR) is 64.4 cm³/mol. The number of amides is 1. The zero-order valence-electron chi connectivity index (χ0n) is 10.4. The Kier molecular flexibility index (Phi) is 4.46. The van der Waals surface area contributed by atoms with Crippen LogP contribution in [0, 0.1) is 0 Å². The molecule has 1 fully saturated rings. The molecule has 1 aromatic rings. The van der Waals surface area contributed by atoms with Crippen LogP contribution >= 0.6 is 0 Å². The molecule has 0 aromatic heterocycles. The van der Waals surface area contributed by atoms with E-state index in [0.717, 1.165) is 6.07 Å². The summed E-state index contributed by atoms with van der Waals surface area (Å²) in [5.41, 5.74) is -0.0396. The molecule has 2 N–H and O–H groups in total. The first-order valence-electron chi connectivity index (χ1n) is 5.92. The summed E-state index contributed by atoms with van der Waals surface area (Å²) in [6, 6.07) is 4.77. The number of ether oxygens (including phenoxy) is 2. The van der Waals surface area contributed by atoms with E-state index >= 15 is 0 Å². The Hall–Kier alpha value is -1.80. The molecule has 0 radical (unpaired) electrons. The van der Waals surface area contributed by atoms with Crippen LogP contribution in [-0.2, 0) is 9.53 Å². The van der Waals surface area contributed by atoms with Gasteiger partial charge in [-0.1, -0.05) is 12.1 Å². The van der Waals surface area contributed by atoms with Crippen molar-refractivity contribution in [3.8, 4) is 5.75 Å². The highest BCUT2D eigenvalue weighted by atomic mass is 19.4. The van der Waals surface area contributed by atoms with Crippen molar-refractivity contribution in [2.75, 3.05) is 25.1 Å². The van der Waals surface area contributed by atoms with Crippen molar-refractivity contribution in [1.82, 2.24) is 5.32 Å².